The summed E-state index contributed by atoms with van der Waals surface area (Å²) in [5.74, 6) is 0. The number of anilines is 1. The predicted molar refractivity (Wildman–Crippen MR) is 133 cm³/mol. The van der Waals surface area contributed by atoms with E-state index in [4.69, 9.17) is 12.2 Å². The van der Waals surface area contributed by atoms with E-state index in [1.165, 1.54) is 42.6 Å². The smallest absolute Gasteiger partial charge is 0.174 e. The molecule has 0 amide bonds. The van der Waals surface area contributed by atoms with Gasteiger partial charge in [0, 0.05) is 33.8 Å². The van der Waals surface area contributed by atoms with Gasteiger partial charge in [-0.3, -0.25) is 4.98 Å². The highest BCUT2D eigenvalue weighted by molar-refractivity contribution is 9.10. The number of halogens is 1. The van der Waals surface area contributed by atoms with Gasteiger partial charge in [0.2, 0.25) is 0 Å². The lowest BCUT2D eigenvalue weighted by atomic mass is 9.96. The summed E-state index contributed by atoms with van der Waals surface area (Å²) in [4.78, 5) is 6.95. The van der Waals surface area contributed by atoms with Gasteiger partial charge in [-0.05, 0) is 86.9 Å². The van der Waals surface area contributed by atoms with Crippen molar-refractivity contribution in [2.75, 3.05) is 4.90 Å². The van der Waals surface area contributed by atoms with Crippen LogP contribution < -0.4 is 10.2 Å². The average Bonchev–Trinajstić information content (AvgIpc) is 3.47. The van der Waals surface area contributed by atoms with Crippen molar-refractivity contribution < 1.29 is 0 Å². The Morgan fingerprint density at radius 1 is 1.06 bits per heavy atom. The molecule has 1 aromatic carbocycles. The molecule has 3 heterocycles. The van der Waals surface area contributed by atoms with Gasteiger partial charge in [0.05, 0.1) is 17.8 Å². The maximum Gasteiger partial charge on any atom is 0.174 e. The van der Waals surface area contributed by atoms with Gasteiger partial charge < -0.3 is 14.8 Å². The number of aryl methyl sites for hydroxylation is 1. The lowest BCUT2D eigenvalue weighted by molar-refractivity contribution is 0.494. The second-order valence-electron chi connectivity index (χ2n) is 8.61. The Morgan fingerprint density at radius 3 is 2.48 bits per heavy atom. The van der Waals surface area contributed by atoms with Crippen LogP contribution in [0.3, 0.4) is 0 Å². The van der Waals surface area contributed by atoms with E-state index >= 15 is 0 Å². The average molecular weight is 495 g/mol. The van der Waals surface area contributed by atoms with E-state index in [-0.39, 0.29) is 12.1 Å². The Hall–Kier alpha value is -2.18. The molecule has 2 fully saturated rings. The zero-order valence-corrected chi connectivity index (χ0v) is 20.3. The van der Waals surface area contributed by atoms with Gasteiger partial charge in [-0.2, -0.15) is 0 Å². The zero-order chi connectivity index (χ0) is 21.5. The van der Waals surface area contributed by atoms with Gasteiger partial charge >= 0.3 is 0 Å². The number of nitrogens with one attached hydrogen (secondary N) is 1. The molecule has 3 aromatic rings. The number of hydrogen-bond acceptors (Lipinski definition) is 2. The molecule has 4 nitrogen and oxygen atoms in total. The SMILES string of the molecule is Cc1cc([C@H]2[C@@H](c3ccccn3)NC(=S)N2c2ccc(Br)cc2)c(C)n1C1CCCC1. The third kappa shape index (κ3) is 3.70. The maximum atomic E-state index is 5.87. The van der Waals surface area contributed by atoms with Crippen molar-refractivity contribution in [1.29, 1.82) is 0 Å². The van der Waals surface area contributed by atoms with Crippen molar-refractivity contribution in [3.63, 3.8) is 0 Å². The highest BCUT2D eigenvalue weighted by Crippen LogP contribution is 2.44. The van der Waals surface area contributed by atoms with Crippen molar-refractivity contribution in [2.24, 2.45) is 0 Å². The minimum absolute atomic E-state index is 0.00475. The van der Waals surface area contributed by atoms with Crippen molar-refractivity contribution in [2.45, 2.75) is 57.7 Å². The van der Waals surface area contributed by atoms with Gasteiger partial charge in [0.15, 0.2) is 5.11 Å². The molecule has 2 atom stereocenters. The number of pyridine rings is 1. The van der Waals surface area contributed by atoms with Crippen LogP contribution in [0.2, 0.25) is 0 Å². The lowest BCUT2D eigenvalue weighted by Crippen LogP contribution is -2.29. The second-order valence-corrected chi connectivity index (χ2v) is 9.91. The van der Waals surface area contributed by atoms with Crippen LogP contribution in [0.1, 0.15) is 66.5 Å². The summed E-state index contributed by atoms with van der Waals surface area (Å²) >= 11 is 9.43. The molecule has 1 aliphatic carbocycles. The lowest BCUT2D eigenvalue weighted by Gasteiger charge is -2.28. The highest BCUT2D eigenvalue weighted by Gasteiger charge is 2.42. The van der Waals surface area contributed by atoms with Crippen LogP contribution in [0, 0.1) is 13.8 Å². The highest BCUT2D eigenvalue weighted by atomic mass is 79.9. The molecule has 0 bridgehead atoms. The number of aromatic nitrogens is 2. The first kappa shape index (κ1) is 20.7. The topological polar surface area (TPSA) is 33.1 Å². The fraction of sp³-hybridized carbons (Fsp3) is 0.360. The Labute approximate surface area is 197 Å². The molecule has 1 saturated carbocycles. The molecule has 2 aromatic heterocycles. The molecule has 1 aliphatic heterocycles. The summed E-state index contributed by atoms with van der Waals surface area (Å²) in [7, 11) is 0. The largest absolute Gasteiger partial charge is 0.351 e. The van der Waals surface area contributed by atoms with Crippen LogP contribution in [0.15, 0.2) is 59.2 Å². The second kappa shape index (κ2) is 8.40. The molecule has 160 valence electrons. The monoisotopic (exact) mass is 494 g/mol. The van der Waals surface area contributed by atoms with Crippen molar-refractivity contribution >= 4 is 38.9 Å². The van der Waals surface area contributed by atoms with Crippen LogP contribution in [0.25, 0.3) is 0 Å². The van der Waals surface area contributed by atoms with Crippen LogP contribution in [-0.4, -0.2) is 14.7 Å². The van der Waals surface area contributed by atoms with Crippen molar-refractivity contribution in [3.8, 4) is 0 Å². The molecule has 1 saturated heterocycles. The van der Waals surface area contributed by atoms with E-state index in [9.17, 15) is 0 Å². The summed E-state index contributed by atoms with van der Waals surface area (Å²) in [5, 5.41) is 4.33. The summed E-state index contributed by atoms with van der Waals surface area (Å²) < 4.78 is 3.63. The van der Waals surface area contributed by atoms with Gasteiger partial charge in [0.25, 0.3) is 0 Å². The van der Waals surface area contributed by atoms with E-state index in [0.717, 1.165) is 21.0 Å². The van der Waals surface area contributed by atoms with Crippen LogP contribution in [-0.2, 0) is 0 Å². The van der Waals surface area contributed by atoms with Gasteiger partial charge in [0.1, 0.15) is 0 Å². The normalized spacial score (nSPS) is 21.6. The molecule has 2 aliphatic rings. The third-order valence-corrected chi connectivity index (χ3v) is 7.58. The quantitative estimate of drug-likeness (QED) is 0.416. The van der Waals surface area contributed by atoms with Gasteiger partial charge in [-0.1, -0.05) is 34.8 Å². The molecule has 0 unspecified atom stereocenters. The van der Waals surface area contributed by atoms with Gasteiger partial charge in [-0.25, -0.2) is 0 Å². The Bertz CT molecular complexity index is 1090. The first-order valence-corrected chi connectivity index (χ1v) is 12.2. The fourth-order valence-corrected chi connectivity index (χ4v) is 5.99. The minimum atomic E-state index is -0.00475. The van der Waals surface area contributed by atoms with Gasteiger partial charge in [-0.15, -0.1) is 0 Å². The molecule has 0 spiro atoms. The van der Waals surface area contributed by atoms with Crippen molar-refractivity contribution in [3.05, 3.63) is 81.8 Å². The summed E-state index contributed by atoms with van der Waals surface area (Å²) in [6.07, 6.45) is 7.07. The Kier molecular flexibility index (Phi) is 5.61. The number of nitrogens with zero attached hydrogens (tertiary/aromatic N) is 3. The number of benzene rings is 1. The molecule has 1 N–H and O–H groups in total. The summed E-state index contributed by atoms with van der Waals surface area (Å²) in [6, 6.07) is 17.5. The molecule has 6 heteroatoms. The fourth-order valence-electron chi connectivity index (χ4n) is 5.38. The Balaban J connectivity index is 1.64. The van der Waals surface area contributed by atoms with E-state index < -0.39 is 0 Å². The van der Waals surface area contributed by atoms with E-state index in [1.807, 2.05) is 18.3 Å². The van der Waals surface area contributed by atoms with E-state index in [0.29, 0.717) is 6.04 Å². The summed E-state index contributed by atoms with van der Waals surface area (Å²) in [5.41, 5.74) is 6.13. The first-order chi connectivity index (χ1) is 15.0. The van der Waals surface area contributed by atoms with Crippen molar-refractivity contribution in [1.82, 2.24) is 14.9 Å². The molecule has 31 heavy (non-hydrogen) atoms. The summed E-state index contributed by atoms with van der Waals surface area (Å²) in [6.45, 7) is 4.52. The molecule has 0 radical (unpaired) electrons. The molecular formula is C25H27BrN4S. The van der Waals surface area contributed by atoms with Crippen LogP contribution in [0.4, 0.5) is 5.69 Å². The molecule has 5 rings (SSSR count). The number of rotatable bonds is 4. The van der Waals surface area contributed by atoms with Crippen LogP contribution >= 0.6 is 28.1 Å². The third-order valence-electron chi connectivity index (χ3n) is 6.73. The first-order valence-electron chi connectivity index (χ1n) is 11.0. The standard InChI is InChI=1S/C25H27BrN4S/c1-16-15-21(17(2)29(16)19-7-3-4-8-19)24-23(22-9-5-6-14-27-22)28-25(31)30(24)20-12-10-18(26)11-13-20/h5-6,9-15,19,23-24H,3-4,7-8H2,1-2H3,(H,28,31)/t23-,24+/m1/s1. The predicted octanol–water partition coefficient (Wildman–Crippen LogP) is 6.55. The van der Waals surface area contributed by atoms with E-state index in [2.05, 4.69) is 85.9 Å². The number of thiocarbonyl (C=S) groups is 1. The zero-order valence-electron chi connectivity index (χ0n) is 17.9. The Morgan fingerprint density at radius 2 is 1.81 bits per heavy atom. The number of hydrogen-bond donors (Lipinski definition) is 1. The maximum absolute atomic E-state index is 5.87. The van der Waals surface area contributed by atoms with Crippen LogP contribution in [0.5, 0.6) is 0 Å². The van der Waals surface area contributed by atoms with E-state index in [1.54, 1.807) is 0 Å². The minimum Gasteiger partial charge on any atom is -0.351 e. The molecular weight excluding hydrogens is 468 g/mol.